The maximum absolute atomic E-state index is 10.7. The van der Waals surface area contributed by atoms with Crippen molar-refractivity contribution in [3.8, 4) is 0 Å². The standard InChI is InChI=1S/C10H13.2C6H5.CHF3O3S.Ru/c1-9(2)8-10-6-4-3-5-7-10;2*1-2-4-6-5-3-1;2-1(3,4)8(5,6)7;/h4-7,9H,8H2,1-2H3;2*1-5H;(H,5,6,7);/q3*-1;;+4/p-1. The SMILES string of the molecule is CC(C)Cc1cc[c-]cc1.O=S(=O)([O-])C(F)(F)F.[Ru+4].[c-]1ccccc1.[c-]1ccccc1. The number of halogens is 3. The summed E-state index contributed by atoms with van der Waals surface area (Å²) in [7, 11) is -6.09. The van der Waals surface area contributed by atoms with Crippen molar-refractivity contribution in [1.29, 1.82) is 0 Å². The second kappa shape index (κ2) is 17.6. The van der Waals surface area contributed by atoms with E-state index in [2.05, 4.69) is 44.2 Å². The van der Waals surface area contributed by atoms with Crippen LogP contribution in [0.3, 0.4) is 0 Å². The maximum atomic E-state index is 10.7. The van der Waals surface area contributed by atoms with E-state index >= 15 is 0 Å². The van der Waals surface area contributed by atoms with Gasteiger partial charge in [0.05, 0.1) is 0 Å². The molecule has 0 spiro atoms. The van der Waals surface area contributed by atoms with Gasteiger partial charge in [-0.3, -0.25) is 0 Å². The zero-order chi connectivity index (χ0) is 22.9. The van der Waals surface area contributed by atoms with Crippen molar-refractivity contribution in [3.63, 3.8) is 0 Å². The number of hydrogen-bond donors (Lipinski definition) is 0. The molecule has 3 rings (SSSR count). The van der Waals surface area contributed by atoms with E-state index in [1.807, 2.05) is 72.8 Å². The summed E-state index contributed by atoms with van der Waals surface area (Å²) >= 11 is 0. The van der Waals surface area contributed by atoms with E-state index in [0.29, 0.717) is 0 Å². The van der Waals surface area contributed by atoms with Crippen LogP contribution in [0.15, 0.2) is 84.9 Å². The van der Waals surface area contributed by atoms with Crippen LogP contribution in [-0.2, 0) is 36.0 Å². The fourth-order valence-electron chi connectivity index (χ4n) is 1.71. The number of benzene rings is 3. The zero-order valence-corrected chi connectivity index (χ0v) is 19.5. The molecule has 0 fully saturated rings. The molecule has 0 unspecified atom stereocenters. The Hall–Kier alpha value is -2.02. The molecule has 0 aliphatic heterocycles. The molecule has 0 aliphatic rings. The molecule has 0 amide bonds. The van der Waals surface area contributed by atoms with Gasteiger partial charge in [-0.05, 0) is 12.3 Å². The molecular formula is C23H23F3O3RuS. The summed E-state index contributed by atoms with van der Waals surface area (Å²) in [5.74, 6) is 0.752. The van der Waals surface area contributed by atoms with Gasteiger partial charge in [0, 0.05) is 0 Å². The average Bonchev–Trinajstić information content (AvgIpc) is 2.71. The van der Waals surface area contributed by atoms with Gasteiger partial charge in [0.15, 0.2) is 10.1 Å². The third-order valence-electron chi connectivity index (χ3n) is 2.93. The van der Waals surface area contributed by atoms with E-state index in [0.717, 1.165) is 5.92 Å². The van der Waals surface area contributed by atoms with Crippen LogP contribution in [0.25, 0.3) is 0 Å². The molecule has 0 aromatic heterocycles. The van der Waals surface area contributed by atoms with E-state index in [-0.39, 0.29) is 19.5 Å². The van der Waals surface area contributed by atoms with Crippen molar-refractivity contribution in [2.45, 2.75) is 25.8 Å². The Morgan fingerprint density at radius 3 is 1.32 bits per heavy atom. The molecule has 0 N–H and O–H groups in total. The molecule has 31 heavy (non-hydrogen) atoms. The first kappa shape index (κ1) is 31.2. The van der Waals surface area contributed by atoms with E-state index in [1.54, 1.807) is 0 Å². The second-order valence-corrected chi connectivity index (χ2v) is 7.43. The Kier molecular flexibility index (Phi) is 17.7. The van der Waals surface area contributed by atoms with Crippen LogP contribution in [0.2, 0.25) is 0 Å². The van der Waals surface area contributed by atoms with Gasteiger partial charge in [-0.25, -0.2) is 8.42 Å². The molecule has 8 heteroatoms. The fourth-order valence-corrected chi connectivity index (χ4v) is 1.71. The van der Waals surface area contributed by atoms with Gasteiger partial charge in [-0.2, -0.15) is 122 Å². The number of alkyl halides is 3. The van der Waals surface area contributed by atoms with Gasteiger partial charge in [0.25, 0.3) is 0 Å². The van der Waals surface area contributed by atoms with Crippen molar-refractivity contribution >= 4 is 10.1 Å². The topological polar surface area (TPSA) is 57.2 Å². The monoisotopic (exact) mass is 538 g/mol. The van der Waals surface area contributed by atoms with Crippen LogP contribution >= 0.6 is 0 Å². The van der Waals surface area contributed by atoms with Crippen LogP contribution in [0, 0.1) is 24.1 Å². The van der Waals surface area contributed by atoms with Gasteiger partial charge in [0.2, 0.25) is 0 Å². The second-order valence-electron chi connectivity index (χ2n) is 6.06. The van der Waals surface area contributed by atoms with Gasteiger partial charge in [-0.1, -0.05) is 13.8 Å². The Balaban J connectivity index is 0. The largest absolute Gasteiger partial charge is 4.00 e. The molecule has 3 nitrogen and oxygen atoms in total. The molecule has 0 saturated heterocycles. The molecule has 0 bridgehead atoms. The average molecular weight is 538 g/mol. The summed E-state index contributed by atoms with van der Waals surface area (Å²) in [6.07, 6.45) is 1.18. The number of hydrogen-bond acceptors (Lipinski definition) is 3. The van der Waals surface area contributed by atoms with Gasteiger partial charge in [0.1, 0.15) is 0 Å². The smallest absolute Gasteiger partial charge is 0.741 e. The van der Waals surface area contributed by atoms with E-state index < -0.39 is 15.6 Å². The molecule has 3 aromatic carbocycles. The van der Waals surface area contributed by atoms with Gasteiger partial charge >= 0.3 is 25.0 Å². The predicted octanol–water partition coefficient (Wildman–Crippen LogP) is 5.71. The minimum Gasteiger partial charge on any atom is -0.741 e. The molecular weight excluding hydrogens is 514 g/mol. The Morgan fingerprint density at radius 2 is 1.13 bits per heavy atom. The Labute approximate surface area is 195 Å². The molecule has 0 heterocycles. The third kappa shape index (κ3) is 19.7. The van der Waals surface area contributed by atoms with Crippen LogP contribution in [-0.4, -0.2) is 18.5 Å². The normalized spacial score (nSPS) is 10.0. The van der Waals surface area contributed by atoms with Crippen molar-refractivity contribution in [3.05, 3.63) is 109 Å². The first-order valence-electron chi connectivity index (χ1n) is 8.83. The van der Waals surface area contributed by atoms with Crippen molar-refractivity contribution in [2.75, 3.05) is 0 Å². The van der Waals surface area contributed by atoms with Crippen molar-refractivity contribution in [1.82, 2.24) is 0 Å². The summed E-state index contributed by atoms with van der Waals surface area (Å²) in [6.45, 7) is 4.47. The minimum atomic E-state index is -6.09. The molecule has 0 aliphatic carbocycles. The van der Waals surface area contributed by atoms with Crippen LogP contribution in [0.4, 0.5) is 13.2 Å². The van der Waals surface area contributed by atoms with Crippen LogP contribution in [0.5, 0.6) is 0 Å². The summed E-state index contributed by atoms with van der Waals surface area (Å²) in [6, 6.07) is 36.2. The Bertz CT molecular complexity index is 774. The predicted molar refractivity (Wildman–Crippen MR) is 110 cm³/mol. The first-order valence-corrected chi connectivity index (χ1v) is 10.2. The first-order chi connectivity index (χ1) is 14.0. The van der Waals surface area contributed by atoms with Crippen LogP contribution < -0.4 is 0 Å². The summed E-state index contributed by atoms with van der Waals surface area (Å²) in [4.78, 5) is 0. The van der Waals surface area contributed by atoms with Gasteiger partial charge in [-0.15, -0.1) is 0 Å². The third-order valence-corrected chi connectivity index (χ3v) is 3.50. The number of rotatable bonds is 2. The van der Waals surface area contributed by atoms with Gasteiger partial charge < -0.3 is 4.55 Å². The minimum absolute atomic E-state index is 0. The van der Waals surface area contributed by atoms with Crippen molar-refractivity contribution in [2.24, 2.45) is 5.92 Å². The fraction of sp³-hybridized carbons (Fsp3) is 0.217. The molecule has 0 saturated carbocycles. The van der Waals surface area contributed by atoms with E-state index in [9.17, 15) is 13.2 Å². The van der Waals surface area contributed by atoms with Crippen LogP contribution in [0.1, 0.15) is 19.4 Å². The van der Waals surface area contributed by atoms with E-state index in [1.165, 1.54) is 12.0 Å². The molecule has 0 radical (unpaired) electrons. The van der Waals surface area contributed by atoms with E-state index in [4.69, 9.17) is 13.0 Å². The maximum Gasteiger partial charge on any atom is 4.00 e. The van der Waals surface area contributed by atoms with Crippen molar-refractivity contribution < 1.29 is 45.6 Å². The summed E-state index contributed by atoms with van der Waals surface area (Å²) < 4.78 is 58.9. The molecule has 3 aromatic rings. The quantitative estimate of drug-likeness (QED) is 0.182. The summed E-state index contributed by atoms with van der Waals surface area (Å²) in [5, 5.41) is 0. The summed E-state index contributed by atoms with van der Waals surface area (Å²) in [5.41, 5.74) is -4.23. The zero-order valence-electron chi connectivity index (χ0n) is 17.0. The molecule has 168 valence electrons. The Morgan fingerprint density at radius 1 is 0.806 bits per heavy atom. The molecule has 0 atom stereocenters.